The number of hydrogen-bond acceptors (Lipinski definition) is 2. The lowest BCUT2D eigenvalue weighted by Crippen LogP contribution is -2.15. The van der Waals surface area contributed by atoms with E-state index in [9.17, 15) is 0 Å². The van der Waals surface area contributed by atoms with Gasteiger partial charge in [-0.25, -0.2) is 0 Å². The number of ether oxygens (including phenoxy) is 2. The van der Waals surface area contributed by atoms with Gasteiger partial charge in [0.05, 0.1) is 12.7 Å². The zero-order valence-electron chi connectivity index (χ0n) is 5.81. The fourth-order valence-corrected chi connectivity index (χ4v) is 0.538. The zero-order valence-corrected chi connectivity index (χ0v) is 5.81. The molecule has 54 valence electrons. The Hall–Kier alpha value is -0.0800. The van der Waals surface area contributed by atoms with E-state index < -0.39 is 0 Å². The molecule has 0 aliphatic rings. The largest absolute Gasteiger partial charge is 0.382 e. The lowest BCUT2D eigenvalue weighted by Gasteiger charge is -2.09. The molecule has 0 heterocycles. The predicted octanol–water partition coefficient (Wildman–Crippen LogP) is 1.55. The zero-order chi connectivity index (χ0) is 6.41. The smallest absolute Gasteiger partial charge is 0.0801 e. The Morgan fingerprint density at radius 2 is 2.12 bits per heavy atom. The average molecular weight is 122 g/mol. The van der Waals surface area contributed by atoms with Crippen LogP contribution in [0.15, 0.2) is 0 Å². The van der Waals surface area contributed by atoms with E-state index in [0.29, 0.717) is 6.61 Å². The van der Waals surface area contributed by atoms with Crippen LogP contribution in [0.3, 0.4) is 0 Å². The Bertz CT molecular complexity index is 49.0. The van der Waals surface area contributed by atoms with Gasteiger partial charge in [0, 0.05) is 17.1 Å². The van der Waals surface area contributed by atoms with Gasteiger partial charge in [-0.2, -0.15) is 0 Å². The van der Waals surface area contributed by atoms with Crippen LogP contribution in [0.25, 0.3) is 0 Å². The van der Waals surface area contributed by atoms with Crippen molar-refractivity contribution >= 4 is 0 Å². The predicted molar refractivity (Wildman–Crippen MR) is 37.2 cm³/mol. The molecule has 0 fully saturated rings. The van der Waals surface area contributed by atoms with Gasteiger partial charge in [0.1, 0.15) is 0 Å². The fourth-order valence-electron chi connectivity index (χ4n) is 0.538. The van der Waals surface area contributed by atoms with Crippen LogP contribution in [0.2, 0.25) is 0 Å². The quantitative estimate of drug-likeness (QED) is 0.563. The molecule has 0 rings (SSSR count). The second kappa shape index (κ2) is 5.06. The monoisotopic (exact) mass is 122 g/mol. The van der Waals surface area contributed by atoms with Crippen molar-refractivity contribution < 1.29 is 12.3 Å². The minimum absolute atomic E-state index is 0. The summed E-state index contributed by atoms with van der Waals surface area (Å²) in [6.45, 7) is 2.78. The van der Waals surface area contributed by atoms with Gasteiger partial charge in [-0.05, 0) is 6.42 Å². The van der Waals surface area contributed by atoms with E-state index in [1.807, 2.05) is 0 Å². The van der Waals surface area contributed by atoms with Gasteiger partial charge >= 0.3 is 0 Å². The Labute approximate surface area is 53.8 Å². The van der Waals surface area contributed by atoms with E-state index in [1.165, 1.54) is 0 Å². The molecule has 0 N–H and O–H groups in total. The summed E-state index contributed by atoms with van der Waals surface area (Å²) >= 11 is 0. The Balaban J connectivity index is -0.000000245. The van der Waals surface area contributed by atoms with E-state index in [2.05, 4.69) is 6.92 Å². The molecule has 0 saturated carbocycles. The molecule has 0 aromatic carbocycles. The molecule has 0 aliphatic carbocycles. The summed E-state index contributed by atoms with van der Waals surface area (Å²) in [6.07, 6.45) is 1.30. The van der Waals surface area contributed by atoms with Crippen molar-refractivity contribution in [3.8, 4) is 0 Å². The summed E-state index contributed by atoms with van der Waals surface area (Å²) in [4.78, 5) is 0. The first-order chi connectivity index (χ1) is 3.85. The molecule has 0 spiro atoms. The Morgan fingerprint density at radius 3 is 2.25 bits per heavy atom. The standard InChI is InChI=1S/C6H14O2.2H2/c1-4-6(8-3)5-7-2;;/h6H,4-5H2,1-3H3;2*1H. The van der Waals surface area contributed by atoms with Crippen LogP contribution < -0.4 is 0 Å². The fraction of sp³-hybridized carbons (Fsp3) is 1.00. The third-order valence-electron chi connectivity index (χ3n) is 1.14. The molecule has 8 heavy (non-hydrogen) atoms. The van der Waals surface area contributed by atoms with Crippen molar-refractivity contribution in [1.29, 1.82) is 0 Å². The molecule has 0 amide bonds. The van der Waals surface area contributed by atoms with Crippen LogP contribution in [0.5, 0.6) is 0 Å². The van der Waals surface area contributed by atoms with E-state index in [4.69, 9.17) is 9.47 Å². The molecule has 0 radical (unpaired) electrons. The Kier molecular flexibility index (Phi) is 5.01. The van der Waals surface area contributed by atoms with Crippen molar-refractivity contribution in [3.05, 3.63) is 0 Å². The Morgan fingerprint density at radius 1 is 1.50 bits per heavy atom. The minimum atomic E-state index is 0. The average Bonchev–Trinajstić information content (AvgIpc) is 1.83. The van der Waals surface area contributed by atoms with Crippen molar-refractivity contribution in [2.45, 2.75) is 19.4 Å². The van der Waals surface area contributed by atoms with Crippen LogP contribution in [-0.4, -0.2) is 26.9 Å². The molecule has 1 atom stereocenters. The third-order valence-corrected chi connectivity index (χ3v) is 1.14. The van der Waals surface area contributed by atoms with Gasteiger partial charge in [0.15, 0.2) is 0 Å². The molecule has 0 bridgehead atoms. The van der Waals surface area contributed by atoms with Gasteiger partial charge < -0.3 is 9.47 Å². The molecule has 1 unspecified atom stereocenters. The summed E-state index contributed by atoms with van der Waals surface area (Å²) in [5, 5.41) is 0. The lowest BCUT2D eigenvalue weighted by molar-refractivity contribution is 0.0265. The highest BCUT2D eigenvalue weighted by Gasteiger charge is 2.00. The maximum Gasteiger partial charge on any atom is 0.0801 e. The van der Waals surface area contributed by atoms with Crippen molar-refractivity contribution in [3.63, 3.8) is 0 Å². The molecular weight excluding hydrogens is 104 g/mol. The van der Waals surface area contributed by atoms with Crippen molar-refractivity contribution in [2.75, 3.05) is 20.8 Å². The summed E-state index contributed by atoms with van der Waals surface area (Å²) in [5.41, 5.74) is 0. The molecule has 0 aliphatic heterocycles. The summed E-state index contributed by atoms with van der Waals surface area (Å²) in [7, 11) is 3.38. The first-order valence-corrected chi connectivity index (χ1v) is 2.86. The maximum atomic E-state index is 5.01. The molecule has 0 aromatic rings. The molecule has 2 heteroatoms. The molecule has 2 nitrogen and oxygen atoms in total. The van der Waals surface area contributed by atoms with Gasteiger partial charge in [0.25, 0.3) is 0 Å². The van der Waals surface area contributed by atoms with Gasteiger partial charge in [-0.1, -0.05) is 6.92 Å². The van der Waals surface area contributed by atoms with Crippen LogP contribution in [0.1, 0.15) is 16.2 Å². The summed E-state index contributed by atoms with van der Waals surface area (Å²) in [6, 6.07) is 0. The van der Waals surface area contributed by atoms with Crippen LogP contribution in [0, 0.1) is 0 Å². The third kappa shape index (κ3) is 2.99. The van der Waals surface area contributed by atoms with Gasteiger partial charge in [0.2, 0.25) is 0 Å². The van der Waals surface area contributed by atoms with Crippen LogP contribution in [0.4, 0.5) is 0 Å². The highest BCUT2D eigenvalue weighted by Crippen LogP contribution is 1.94. The van der Waals surface area contributed by atoms with E-state index in [-0.39, 0.29) is 8.96 Å². The summed E-state index contributed by atoms with van der Waals surface area (Å²) in [5.74, 6) is 0. The first-order valence-electron chi connectivity index (χ1n) is 2.86. The van der Waals surface area contributed by atoms with Crippen LogP contribution in [-0.2, 0) is 9.47 Å². The number of hydrogen-bond donors (Lipinski definition) is 0. The van der Waals surface area contributed by atoms with E-state index >= 15 is 0 Å². The second-order valence-electron chi connectivity index (χ2n) is 1.72. The highest BCUT2D eigenvalue weighted by molar-refractivity contribution is 4.49. The van der Waals surface area contributed by atoms with Gasteiger partial charge in [-0.3, -0.25) is 0 Å². The minimum Gasteiger partial charge on any atom is -0.382 e. The topological polar surface area (TPSA) is 18.5 Å². The normalized spacial score (nSPS) is 13.9. The first kappa shape index (κ1) is 7.92. The SMILES string of the molecule is CCC(COC)OC.[HH].[HH]. The lowest BCUT2D eigenvalue weighted by atomic mass is 10.3. The second-order valence-corrected chi connectivity index (χ2v) is 1.72. The molecular formula is C6H18O2. The van der Waals surface area contributed by atoms with E-state index in [0.717, 1.165) is 6.42 Å². The molecule has 0 aromatic heterocycles. The number of methoxy groups -OCH3 is 2. The number of rotatable bonds is 4. The summed E-state index contributed by atoms with van der Waals surface area (Å²) < 4.78 is 9.88. The molecule has 0 saturated heterocycles. The van der Waals surface area contributed by atoms with E-state index in [1.54, 1.807) is 14.2 Å². The van der Waals surface area contributed by atoms with Gasteiger partial charge in [-0.15, -0.1) is 0 Å². The maximum absolute atomic E-state index is 5.01. The van der Waals surface area contributed by atoms with Crippen molar-refractivity contribution in [2.24, 2.45) is 0 Å². The van der Waals surface area contributed by atoms with Crippen LogP contribution >= 0.6 is 0 Å². The highest BCUT2D eigenvalue weighted by atomic mass is 16.5. The van der Waals surface area contributed by atoms with Crippen molar-refractivity contribution in [1.82, 2.24) is 0 Å².